The molecular formula is C14H20F2N2. The maximum atomic E-state index is 13.7. The van der Waals surface area contributed by atoms with E-state index in [0.29, 0.717) is 18.2 Å². The van der Waals surface area contributed by atoms with Crippen LogP contribution in [0.3, 0.4) is 0 Å². The second-order valence-corrected chi connectivity index (χ2v) is 4.89. The van der Waals surface area contributed by atoms with Crippen molar-refractivity contribution in [2.24, 2.45) is 0 Å². The van der Waals surface area contributed by atoms with Gasteiger partial charge in [0.05, 0.1) is 0 Å². The summed E-state index contributed by atoms with van der Waals surface area (Å²) >= 11 is 0. The summed E-state index contributed by atoms with van der Waals surface area (Å²) < 4.78 is 26.8. The minimum atomic E-state index is -0.755. The van der Waals surface area contributed by atoms with Gasteiger partial charge in [-0.2, -0.15) is 0 Å². The Hall–Kier alpha value is -1.00. The first-order valence-electron chi connectivity index (χ1n) is 6.54. The molecule has 18 heavy (non-hydrogen) atoms. The third-order valence-electron chi connectivity index (χ3n) is 3.59. The number of piperidine rings is 1. The highest BCUT2D eigenvalue weighted by Gasteiger charge is 2.23. The van der Waals surface area contributed by atoms with Gasteiger partial charge in [-0.15, -0.1) is 0 Å². The zero-order valence-electron chi connectivity index (χ0n) is 10.8. The minimum absolute atomic E-state index is 0.423. The molecule has 0 spiro atoms. The van der Waals surface area contributed by atoms with Crippen molar-refractivity contribution >= 4 is 0 Å². The van der Waals surface area contributed by atoms with Crippen LogP contribution in [0.25, 0.3) is 0 Å². The molecule has 1 aliphatic rings. The van der Waals surface area contributed by atoms with E-state index in [1.54, 1.807) is 12.1 Å². The van der Waals surface area contributed by atoms with Gasteiger partial charge in [-0.3, -0.25) is 4.90 Å². The minimum Gasteiger partial charge on any atom is -0.318 e. The van der Waals surface area contributed by atoms with Crippen LogP contribution in [0.5, 0.6) is 0 Å². The summed E-state index contributed by atoms with van der Waals surface area (Å²) in [7, 11) is 1.93. The molecule has 1 atom stereocenters. The molecule has 1 aromatic rings. The number of hydrogen-bond donors (Lipinski definition) is 1. The van der Waals surface area contributed by atoms with Crippen LogP contribution in [-0.2, 0) is 6.54 Å². The van der Waals surface area contributed by atoms with E-state index in [4.69, 9.17) is 0 Å². The van der Waals surface area contributed by atoms with Crippen LogP contribution in [0.2, 0.25) is 0 Å². The first-order chi connectivity index (χ1) is 8.72. The Balaban J connectivity index is 2.08. The summed E-state index contributed by atoms with van der Waals surface area (Å²) in [5.74, 6) is -1.46. The van der Waals surface area contributed by atoms with Gasteiger partial charge in [0.1, 0.15) is 0 Å². The molecule has 2 nitrogen and oxygen atoms in total. The van der Waals surface area contributed by atoms with Crippen LogP contribution in [0, 0.1) is 11.6 Å². The molecule has 0 saturated carbocycles. The maximum absolute atomic E-state index is 13.7. The average molecular weight is 254 g/mol. The Morgan fingerprint density at radius 1 is 1.33 bits per heavy atom. The fourth-order valence-electron chi connectivity index (χ4n) is 2.62. The smallest absolute Gasteiger partial charge is 0.163 e. The number of rotatable bonds is 4. The van der Waals surface area contributed by atoms with Crippen molar-refractivity contribution in [3.63, 3.8) is 0 Å². The Labute approximate surface area is 107 Å². The van der Waals surface area contributed by atoms with Crippen LogP contribution in [0.1, 0.15) is 24.8 Å². The summed E-state index contributed by atoms with van der Waals surface area (Å²) in [5.41, 5.74) is 0.456. The molecule has 2 rings (SSSR count). The first-order valence-corrected chi connectivity index (χ1v) is 6.54. The van der Waals surface area contributed by atoms with Crippen LogP contribution in [0.4, 0.5) is 8.78 Å². The van der Waals surface area contributed by atoms with Gasteiger partial charge in [0.15, 0.2) is 11.6 Å². The molecule has 1 fully saturated rings. The van der Waals surface area contributed by atoms with Gasteiger partial charge in [0.2, 0.25) is 0 Å². The van der Waals surface area contributed by atoms with E-state index in [2.05, 4.69) is 10.2 Å². The van der Waals surface area contributed by atoms with Crippen LogP contribution in [0.15, 0.2) is 18.2 Å². The van der Waals surface area contributed by atoms with Gasteiger partial charge in [0, 0.05) is 24.7 Å². The first kappa shape index (κ1) is 13.4. The lowest BCUT2D eigenvalue weighted by atomic mass is 10.0. The fourth-order valence-corrected chi connectivity index (χ4v) is 2.62. The van der Waals surface area contributed by atoms with Gasteiger partial charge in [0.25, 0.3) is 0 Å². The molecule has 1 N–H and O–H groups in total. The number of likely N-dealkylation sites (N-methyl/N-ethyl adjacent to an activating group) is 1. The normalized spacial score (nSPS) is 21.2. The van der Waals surface area contributed by atoms with Crippen LogP contribution >= 0.6 is 0 Å². The molecule has 4 heteroatoms. The van der Waals surface area contributed by atoms with Gasteiger partial charge in [-0.25, -0.2) is 8.78 Å². The van der Waals surface area contributed by atoms with Crippen molar-refractivity contribution in [1.82, 2.24) is 10.2 Å². The molecule has 0 amide bonds. The zero-order chi connectivity index (χ0) is 13.0. The predicted molar refractivity (Wildman–Crippen MR) is 68.3 cm³/mol. The Kier molecular flexibility index (Phi) is 4.66. The van der Waals surface area contributed by atoms with Crippen molar-refractivity contribution in [3.8, 4) is 0 Å². The van der Waals surface area contributed by atoms with Gasteiger partial charge >= 0.3 is 0 Å². The second kappa shape index (κ2) is 6.25. The third-order valence-corrected chi connectivity index (χ3v) is 3.59. The molecule has 0 bridgehead atoms. The Morgan fingerprint density at radius 3 is 2.94 bits per heavy atom. The molecule has 1 aliphatic heterocycles. The number of benzene rings is 1. The summed E-state index contributed by atoms with van der Waals surface area (Å²) in [4.78, 5) is 2.25. The standard InChI is InChI=1S/C14H20F2N2/c1-17-9-12-6-2-3-8-18(12)10-11-5-4-7-13(15)14(11)16/h4-5,7,12,17H,2-3,6,8-10H2,1H3. The number of hydrogen-bond acceptors (Lipinski definition) is 2. The summed E-state index contributed by atoms with van der Waals surface area (Å²) in [5, 5.41) is 3.17. The lowest BCUT2D eigenvalue weighted by Gasteiger charge is -2.35. The maximum Gasteiger partial charge on any atom is 0.163 e. The fraction of sp³-hybridized carbons (Fsp3) is 0.571. The molecule has 0 aromatic heterocycles. The lowest BCUT2D eigenvalue weighted by molar-refractivity contribution is 0.137. The monoisotopic (exact) mass is 254 g/mol. The van der Waals surface area contributed by atoms with E-state index >= 15 is 0 Å². The van der Waals surface area contributed by atoms with Gasteiger partial charge in [-0.05, 0) is 32.5 Å². The molecule has 0 aliphatic carbocycles. The van der Waals surface area contributed by atoms with E-state index in [0.717, 1.165) is 25.9 Å². The van der Waals surface area contributed by atoms with E-state index in [-0.39, 0.29) is 0 Å². The van der Waals surface area contributed by atoms with E-state index < -0.39 is 11.6 Å². The van der Waals surface area contributed by atoms with E-state index in [9.17, 15) is 8.78 Å². The lowest BCUT2D eigenvalue weighted by Crippen LogP contribution is -2.44. The van der Waals surface area contributed by atoms with Crippen LogP contribution < -0.4 is 5.32 Å². The van der Waals surface area contributed by atoms with E-state index in [1.165, 1.54) is 12.5 Å². The summed E-state index contributed by atoms with van der Waals surface area (Å²) in [6.45, 7) is 2.36. The average Bonchev–Trinajstić information content (AvgIpc) is 2.37. The molecular weight excluding hydrogens is 234 g/mol. The SMILES string of the molecule is CNCC1CCCCN1Cc1cccc(F)c1F. The topological polar surface area (TPSA) is 15.3 Å². The number of halogens is 2. The number of nitrogens with one attached hydrogen (secondary N) is 1. The Morgan fingerprint density at radius 2 is 2.17 bits per heavy atom. The highest BCUT2D eigenvalue weighted by molar-refractivity contribution is 5.19. The van der Waals surface area contributed by atoms with Crippen molar-refractivity contribution in [1.29, 1.82) is 0 Å². The largest absolute Gasteiger partial charge is 0.318 e. The zero-order valence-corrected chi connectivity index (χ0v) is 10.8. The molecule has 1 unspecified atom stereocenters. The highest BCUT2D eigenvalue weighted by atomic mass is 19.2. The van der Waals surface area contributed by atoms with Crippen molar-refractivity contribution in [2.45, 2.75) is 31.8 Å². The van der Waals surface area contributed by atoms with Crippen molar-refractivity contribution < 1.29 is 8.78 Å². The quantitative estimate of drug-likeness (QED) is 0.888. The summed E-state index contributed by atoms with van der Waals surface area (Å²) in [6.07, 6.45) is 3.48. The highest BCUT2D eigenvalue weighted by Crippen LogP contribution is 2.21. The molecule has 100 valence electrons. The Bertz CT molecular complexity index is 393. The van der Waals surface area contributed by atoms with Gasteiger partial charge < -0.3 is 5.32 Å². The molecule has 1 saturated heterocycles. The van der Waals surface area contributed by atoms with Crippen molar-refractivity contribution in [3.05, 3.63) is 35.4 Å². The van der Waals surface area contributed by atoms with Gasteiger partial charge in [-0.1, -0.05) is 18.6 Å². The third kappa shape index (κ3) is 3.06. The van der Waals surface area contributed by atoms with Crippen LogP contribution in [-0.4, -0.2) is 31.1 Å². The number of likely N-dealkylation sites (tertiary alicyclic amines) is 1. The predicted octanol–water partition coefficient (Wildman–Crippen LogP) is 2.54. The molecule has 1 heterocycles. The molecule has 1 aromatic carbocycles. The summed E-state index contributed by atoms with van der Waals surface area (Å²) in [6, 6.07) is 4.83. The number of nitrogens with zero attached hydrogens (tertiary/aromatic N) is 1. The van der Waals surface area contributed by atoms with E-state index in [1.807, 2.05) is 7.05 Å². The second-order valence-electron chi connectivity index (χ2n) is 4.89. The molecule has 0 radical (unpaired) electrons. The van der Waals surface area contributed by atoms with Crippen molar-refractivity contribution in [2.75, 3.05) is 20.1 Å².